The van der Waals surface area contributed by atoms with Crippen molar-refractivity contribution in [3.63, 3.8) is 0 Å². The van der Waals surface area contributed by atoms with Gasteiger partial charge in [-0.1, -0.05) is 0 Å². The van der Waals surface area contributed by atoms with Crippen molar-refractivity contribution in [2.75, 3.05) is 14.2 Å². The zero-order valence-corrected chi connectivity index (χ0v) is 13.9. The molecule has 0 aliphatic heterocycles. The van der Waals surface area contributed by atoms with E-state index < -0.39 is 23.7 Å². The lowest BCUT2D eigenvalue weighted by molar-refractivity contribution is -0.141. The van der Waals surface area contributed by atoms with Crippen LogP contribution in [0.2, 0.25) is 0 Å². The van der Waals surface area contributed by atoms with Crippen molar-refractivity contribution in [1.82, 2.24) is 9.78 Å². The third kappa shape index (κ3) is 4.13. The number of carbonyl (C=O) groups excluding carboxylic acids is 1. The monoisotopic (exact) mass is 374 g/mol. The second-order valence-electron chi connectivity index (χ2n) is 5.02. The lowest BCUT2D eigenvalue weighted by Crippen LogP contribution is -2.12. The molecule has 1 heterocycles. The first-order valence-corrected chi connectivity index (χ1v) is 7.10. The highest BCUT2D eigenvalue weighted by molar-refractivity contribution is 5.86. The first-order valence-electron chi connectivity index (χ1n) is 7.10. The van der Waals surface area contributed by atoms with Gasteiger partial charge in [0.1, 0.15) is 23.5 Å². The van der Waals surface area contributed by atoms with Crippen molar-refractivity contribution in [3.05, 3.63) is 53.5 Å². The third-order valence-corrected chi connectivity index (χ3v) is 3.20. The lowest BCUT2D eigenvalue weighted by atomic mass is 10.2. The topological polar surface area (TPSA) is 62.6 Å². The van der Waals surface area contributed by atoms with E-state index in [1.807, 2.05) is 0 Å². The number of aromatic nitrogens is 2. The average molecular weight is 374 g/mol. The molecule has 26 heavy (non-hydrogen) atoms. The van der Waals surface area contributed by atoms with Gasteiger partial charge in [0.15, 0.2) is 5.69 Å². The molecule has 0 aliphatic carbocycles. The molecule has 0 bridgehead atoms. The molecule has 2 aromatic rings. The highest BCUT2D eigenvalue weighted by atomic mass is 19.4. The summed E-state index contributed by atoms with van der Waals surface area (Å²) >= 11 is 0. The van der Waals surface area contributed by atoms with Gasteiger partial charge in [0, 0.05) is 12.3 Å². The zero-order valence-electron chi connectivity index (χ0n) is 13.9. The van der Waals surface area contributed by atoms with Crippen molar-refractivity contribution >= 4 is 5.97 Å². The maximum Gasteiger partial charge on any atom is 0.435 e. The second kappa shape index (κ2) is 7.46. The fourth-order valence-corrected chi connectivity index (χ4v) is 1.98. The number of rotatable bonds is 5. The van der Waals surface area contributed by atoms with Crippen LogP contribution < -0.4 is 4.74 Å². The molecular weight excluding hydrogens is 360 g/mol. The van der Waals surface area contributed by atoms with E-state index in [2.05, 4.69) is 9.84 Å². The number of aryl methyl sites for hydroxylation is 1. The summed E-state index contributed by atoms with van der Waals surface area (Å²) in [6.45, 7) is 1.49. The summed E-state index contributed by atoms with van der Waals surface area (Å²) in [6, 6.07) is 2.87. The normalized spacial score (nSPS) is 12.0. The molecular formula is C16H14F4N2O4. The van der Waals surface area contributed by atoms with E-state index in [0.717, 1.165) is 36.4 Å². The summed E-state index contributed by atoms with van der Waals surface area (Å²) in [7, 11) is 2.40. The molecule has 0 unspecified atom stereocenters. The van der Waals surface area contributed by atoms with Crippen molar-refractivity contribution < 1.29 is 36.6 Å². The van der Waals surface area contributed by atoms with Gasteiger partial charge in [-0.05, 0) is 24.6 Å². The van der Waals surface area contributed by atoms with E-state index in [9.17, 15) is 22.4 Å². The van der Waals surface area contributed by atoms with Gasteiger partial charge < -0.3 is 14.2 Å². The van der Waals surface area contributed by atoms with Gasteiger partial charge in [-0.25, -0.2) is 13.9 Å². The predicted octanol–water partition coefficient (Wildman–Crippen LogP) is 3.38. The number of hydrogen-bond acceptors (Lipinski definition) is 5. The van der Waals surface area contributed by atoms with Crippen molar-refractivity contribution in [3.8, 4) is 11.4 Å². The Balaban J connectivity index is 2.45. The van der Waals surface area contributed by atoms with E-state index in [1.54, 1.807) is 0 Å². The Morgan fingerprint density at radius 3 is 2.50 bits per heavy atom. The molecule has 1 aromatic carbocycles. The van der Waals surface area contributed by atoms with Crippen molar-refractivity contribution in [2.24, 2.45) is 0 Å². The number of methoxy groups -OCH3 is 2. The first kappa shape index (κ1) is 19.3. The first-order chi connectivity index (χ1) is 12.2. The Kier molecular flexibility index (Phi) is 5.53. The van der Waals surface area contributed by atoms with Gasteiger partial charge in [-0.2, -0.15) is 18.3 Å². The fourth-order valence-electron chi connectivity index (χ4n) is 1.98. The average Bonchev–Trinajstić information content (AvgIpc) is 3.05. The minimum absolute atomic E-state index is 0.0131. The molecule has 140 valence electrons. The molecule has 0 atom stereocenters. The van der Waals surface area contributed by atoms with E-state index in [-0.39, 0.29) is 17.2 Å². The van der Waals surface area contributed by atoms with E-state index in [0.29, 0.717) is 11.6 Å². The number of nitrogens with zero attached hydrogens (tertiary/aromatic N) is 2. The van der Waals surface area contributed by atoms with Crippen LogP contribution in [0.5, 0.6) is 5.75 Å². The summed E-state index contributed by atoms with van der Waals surface area (Å²) < 4.78 is 67.6. The number of ether oxygens (including phenoxy) is 3. The summed E-state index contributed by atoms with van der Waals surface area (Å²) in [5.74, 6) is -1.98. The molecule has 0 amide bonds. The Bertz CT molecular complexity index is 843. The molecule has 0 radical (unpaired) electrons. The number of carbonyl (C=O) groups is 1. The largest absolute Gasteiger partial charge is 0.500 e. The smallest absolute Gasteiger partial charge is 0.435 e. The van der Waals surface area contributed by atoms with Crippen LogP contribution in [0.15, 0.2) is 36.4 Å². The Hall–Kier alpha value is -3.04. The fraction of sp³-hybridized carbons (Fsp3) is 0.250. The molecule has 0 aliphatic rings. The summed E-state index contributed by atoms with van der Waals surface area (Å²) in [4.78, 5) is 11.6. The quantitative estimate of drug-likeness (QED) is 0.348. The highest BCUT2D eigenvalue weighted by Gasteiger charge is 2.34. The predicted molar refractivity (Wildman–Crippen MR) is 81.0 cm³/mol. The number of hydrogen-bond donors (Lipinski definition) is 0. The van der Waals surface area contributed by atoms with Crippen LogP contribution in [0.4, 0.5) is 17.6 Å². The summed E-state index contributed by atoms with van der Waals surface area (Å²) in [6.07, 6.45) is -2.72. The van der Waals surface area contributed by atoms with Gasteiger partial charge in [0.05, 0.1) is 14.2 Å². The minimum Gasteiger partial charge on any atom is -0.500 e. The van der Waals surface area contributed by atoms with E-state index >= 15 is 0 Å². The molecule has 0 fully saturated rings. The maximum absolute atomic E-state index is 14.2. The second-order valence-corrected chi connectivity index (χ2v) is 5.02. The van der Waals surface area contributed by atoms with Crippen LogP contribution in [0.25, 0.3) is 5.69 Å². The molecule has 6 nitrogen and oxygen atoms in total. The van der Waals surface area contributed by atoms with Crippen LogP contribution in [0.3, 0.4) is 0 Å². The summed E-state index contributed by atoms with van der Waals surface area (Å²) in [5.41, 5.74) is -1.17. The highest BCUT2D eigenvalue weighted by Crippen LogP contribution is 2.30. The van der Waals surface area contributed by atoms with E-state index in [1.165, 1.54) is 14.0 Å². The molecule has 0 saturated carbocycles. The SMILES string of the molecule is CO/C=C(\Oc1cc(-n2ccc(C(F)(F)F)n2)c(F)cc1C)C(=O)OC. The Morgan fingerprint density at radius 2 is 1.96 bits per heavy atom. The van der Waals surface area contributed by atoms with Gasteiger partial charge in [0.25, 0.3) is 0 Å². The van der Waals surface area contributed by atoms with Crippen molar-refractivity contribution in [2.45, 2.75) is 13.1 Å². The van der Waals surface area contributed by atoms with Crippen LogP contribution in [-0.2, 0) is 20.4 Å². The molecule has 1 aromatic heterocycles. The van der Waals surface area contributed by atoms with Crippen LogP contribution >= 0.6 is 0 Å². The molecule has 0 N–H and O–H groups in total. The molecule has 0 spiro atoms. The zero-order chi connectivity index (χ0) is 19.5. The third-order valence-electron chi connectivity index (χ3n) is 3.20. The number of benzene rings is 1. The van der Waals surface area contributed by atoms with Gasteiger partial charge >= 0.3 is 12.1 Å². The lowest BCUT2D eigenvalue weighted by Gasteiger charge is -2.13. The van der Waals surface area contributed by atoms with Crippen molar-refractivity contribution in [1.29, 1.82) is 0 Å². The summed E-state index contributed by atoms with van der Waals surface area (Å²) in [5, 5.41) is 3.32. The van der Waals surface area contributed by atoms with Crippen LogP contribution in [0, 0.1) is 12.7 Å². The van der Waals surface area contributed by atoms with E-state index in [4.69, 9.17) is 9.47 Å². The van der Waals surface area contributed by atoms with Gasteiger partial charge in [-0.15, -0.1) is 0 Å². The Morgan fingerprint density at radius 1 is 1.27 bits per heavy atom. The number of esters is 1. The molecule has 10 heteroatoms. The number of alkyl halides is 3. The number of halogens is 4. The van der Waals surface area contributed by atoms with Crippen LogP contribution in [-0.4, -0.2) is 30.0 Å². The van der Waals surface area contributed by atoms with Gasteiger partial charge in [0.2, 0.25) is 5.76 Å². The minimum atomic E-state index is -4.66. The van der Waals surface area contributed by atoms with Crippen LogP contribution in [0.1, 0.15) is 11.3 Å². The molecule has 2 rings (SSSR count). The van der Waals surface area contributed by atoms with Gasteiger partial charge in [-0.3, -0.25) is 0 Å². The maximum atomic E-state index is 14.2. The molecule has 0 saturated heterocycles. The standard InChI is InChI=1S/C16H14F4N2O4/c1-9-6-10(17)11(22-5-4-14(21-22)16(18,19)20)7-12(9)26-13(8-24-2)15(23)25-3/h4-8H,1-3H3/b13-8-. The Labute approximate surface area is 145 Å².